The fourth-order valence-electron chi connectivity index (χ4n) is 2.86. The molecular formula is C21H22ClF2N3O3. The number of hydrogen-bond donors (Lipinski definition) is 2. The van der Waals surface area contributed by atoms with Crippen LogP contribution in [0.15, 0.2) is 30.3 Å². The molecule has 0 spiro atoms. The third kappa shape index (κ3) is 5.89. The van der Waals surface area contributed by atoms with Crippen molar-refractivity contribution in [3.05, 3.63) is 52.2 Å². The first-order valence-electron chi connectivity index (χ1n) is 9.53. The summed E-state index contributed by atoms with van der Waals surface area (Å²) in [6, 6.07) is 7.46. The standard InChI is InChI=1S/C21H22ClF2N3O3/c1-11-7-15(9-19(25-11)27-20(28)13-3-4-13)21(29)26-12(2)14-5-6-17(16(22)8-14)30-10-18(23)24/h5-9,12-13,18H,3-4,10H2,1-2H3,(H,26,29)(H,25,27,28). The lowest BCUT2D eigenvalue weighted by Gasteiger charge is -2.17. The third-order valence-corrected chi connectivity index (χ3v) is 4.88. The first kappa shape index (κ1) is 22.0. The number of carbonyl (C=O) groups is 2. The fraction of sp³-hybridized carbons (Fsp3) is 0.381. The molecule has 1 aliphatic rings. The van der Waals surface area contributed by atoms with Crippen LogP contribution < -0.4 is 15.4 Å². The molecule has 2 amide bonds. The average molecular weight is 438 g/mol. The first-order chi connectivity index (χ1) is 14.2. The van der Waals surface area contributed by atoms with Gasteiger partial charge in [0.15, 0.2) is 0 Å². The summed E-state index contributed by atoms with van der Waals surface area (Å²) in [6.07, 6.45) is -0.852. The Morgan fingerprint density at radius 2 is 2.00 bits per heavy atom. The van der Waals surface area contributed by atoms with Crippen molar-refractivity contribution in [3.63, 3.8) is 0 Å². The lowest BCUT2D eigenvalue weighted by molar-refractivity contribution is -0.117. The van der Waals surface area contributed by atoms with E-state index in [0.717, 1.165) is 12.8 Å². The monoisotopic (exact) mass is 437 g/mol. The maximum Gasteiger partial charge on any atom is 0.272 e. The number of carbonyl (C=O) groups excluding carboxylic acids is 2. The molecule has 3 rings (SSSR count). The number of anilines is 1. The normalized spacial score (nSPS) is 14.3. The molecule has 6 nitrogen and oxygen atoms in total. The number of hydrogen-bond acceptors (Lipinski definition) is 4. The summed E-state index contributed by atoms with van der Waals surface area (Å²) < 4.78 is 29.5. The van der Waals surface area contributed by atoms with Crippen molar-refractivity contribution >= 4 is 29.2 Å². The summed E-state index contributed by atoms with van der Waals surface area (Å²) in [7, 11) is 0. The van der Waals surface area contributed by atoms with Gasteiger partial charge in [-0.25, -0.2) is 13.8 Å². The Labute approximate surface area is 178 Å². The molecule has 1 saturated carbocycles. The van der Waals surface area contributed by atoms with Crippen molar-refractivity contribution in [2.75, 3.05) is 11.9 Å². The number of alkyl halides is 2. The van der Waals surface area contributed by atoms with Crippen LogP contribution in [0.3, 0.4) is 0 Å². The number of ether oxygens (including phenoxy) is 1. The van der Waals surface area contributed by atoms with E-state index in [1.165, 1.54) is 12.1 Å². The van der Waals surface area contributed by atoms with Crippen molar-refractivity contribution in [1.29, 1.82) is 0 Å². The Kier molecular flexibility index (Phi) is 6.87. The highest BCUT2D eigenvalue weighted by Gasteiger charge is 2.30. The minimum Gasteiger partial charge on any atom is -0.486 e. The largest absolute Gasteiger partial charge is 0.486 e. The fourth-order valence-corrected chi connectivity index (χ4v) is 3.10. The summed E-state index contributed by atoms with van der Waals surface area (Å²) in [5.41, 5.74) is 1.65. The number of nitrogens with one attached hydrogen (secondary N) is 2. The maximum atomic E-state index is 12.7. The number of halogens is 3. The van der Waals surface area contributed by atoms with Crippen LogP contribution in [0.1, 0.15) is 47.4 Å². The Balaban J connectivity index is 1.67. The van der Waals surface area contributed by atoms with Crippen LogP contribution in [0, 0.1) is 12.8 Å². The van der Waals surface area contributed by atoms with Gasteiger partial charge in [0.1, 0.15) is 18.2 Å². The molecule has 30 heavy (non-hydrogen) atoms. The van der Waals surface area contributed by atoms with E-state index in [4.69, 9.17) is 16.3 Å². The molecule has 1 aromatic heterocycles. The van der Waals surface area contributed by atoms with Gasteiger partial charge in [0.2, 0.25) is 5.91 Å². The molecule has 2 aromatic rings. The minimum atomic E-state index is -2.60. The second-order valence-corrected chi connectivity index (χ2v) is 7.64. The van der Waals surface area contributed by atoms with Crippen molar-refractivity contribution in [2.45, 2.75) is 39.2 Å². The van der Waals surface area contributed by atoms with Crippen LogP contribution in [0.25, 0.3) is 0 Å². The second-order valence-electron chi connectivity index (χ2n) is 7.23. The second kappa shape index (κ2) is 9.38. The van der Waals surface area contributed by atoms with Gasteiger partial charge in [-0.05, 0) is 56.5 Å². The Bertz CT molecular complexity index is 951. The Hall–Kier alpha value is -2.74. The van der Waals surface area contributed by atoms with Crippen LogP contribution in [-0.2, 0) is 4.79 Å². The molecule has 9 heteroatoms. The molecule has 1 aromatic carbocycles. The first-order valence-corrected chi connectivity index (χ1v) is 9.91. The topological polar surface area (TPSA) is 80.3 Å². The molecular weight excluding hydrogens is 416 g/mol. The average Bonchev–Trinajstić information content (AvgIpc) is 3.51. The molecule has 0 bridgehead atoms. The number of rotatable bonds is 8. The number of benzene rings is 1. The van der Waals surface area contributed by atoms with E-state index in [0.29, 0.717) is 22.6 Å². The van der Waals surface area contributed by atoms with Gasteiger partial charge in [-0.15, -0.1) is 0 Å². The summed E-state index contributed by atoms with van der Waals surface area (Å²) in [5.74, 6) is 0.0935. The Morgan fingerprint density at radius 1 is 1.27 bits per heavy atom. The molecule has 160 valence electrons. The van der Waals surface area contributed by atoms with E-state index < -0.39 is 19.1 Å². The van der Waals surface area contributed by atoms with Crippen LogP contribution in [-0.4, -0.2) is 29.8 Å². The highest BCUT2D eigenvalue weighted by molar-refractivity contribution is 6.32. The molecule has 0 saturated heterocycles. The quantitative estimate of drug-likeness (QED) is 0.636. The van der Waals surface area contributed by atoms with E-state index in [1.54, 1.807) is 32.0 Å². The van der Waals surface area contributed by atoms with Gasteiger partial charge in [-0.1, -0.05) is 17.7 Å². The van der Waals surface area contributed by atoms with Crippen LogP contribution in [0.2, 0.25) is 5.02 Å². The van der Waals surface area contributed by atoms with Crippen molar-refractivity contribution in [1.82, 2.24) is 10.3 Å². The van der Waals surface area contributed by atoms with Gasteiger partial charge >= 0.3 is 0 Å². The third-order valence-electron chi connectivity index (χ3n) is 4.58. The summed E-state index contributed by atoms with van der Waals surface area (Å²) in [6.45, 7) is 2.77. The minimum absolute atomic E-state index is 0.0296. The number of pyridine rings is 1. The summed E-state index contributed by atoms with van der Waals surface area (Å²) in [4.78, 5) is 28.9. The van der Waals surface area contributed by atoms with E-state index in [2.05, 4.69) is 15.6 Å². The highest BCUT2D eigenvalue weighted by atomic mass is 35.5. The lowest BCUT2D eigenvalue weighted by Crippen LogP contribution is -2.27. The zero-order valence-electron chi connectivity index (χ0n) is 16.5. The zero-order valence-corrected chi connectivity index (χ0v) is 17.3. The molecule has 1 heterocycles. The van der Waals surface area contributed by atoms with E-state index >= 15 is 0 Å². The van der Waals surface area contributed by atoms with Crippen LogP contribution in [0.5, 0.6) is 5.75 Å². The number of aromatic nitrogens is 1. The van der Waals surface area contributed by atoms with Crippen molar-refractivity contribution < 1.29 is 23.1 Å². The van der Waals surface area contributed by atoms with Crippen LogP contribution in [0.4, 0.5) is 14.6 Å². The molecule has 1 atom stereocenters. The van der Waals surface area contributed by atoms with Crippen molar-refractivity contribution in [2.24, 2.45) is 5.92 Å². The number of aryl methyl sites for hydroxylation is 1. The van der Waals surface area contributed by atoms with Crippen molar-refractivity contribution in [3.8, 4) is 5.75 Å². The van der Waals surface area contributed by atoms with Gasteiger partial charge < -0.3 is 15.4 Å². The molecule has 0 radical (unpaired) electrons. The molecule has 1 unspecified atom stereocenters. The SMILES string of the molecule is Cc1cc(C(=O)NC(C)c2ccc(OCC(F)F)c(Cl)c2)cc(NC(=O)C2CC2)n1. The lowest BCUT2D eigenvalue weighted by atomic mass is 10.1. The molecule has 2 N–H and O–H groups in total. The maximum absolute atomic E-state index is 12.7. The summed E-state index contributed by atoms with van der Waals surface area (Å²) in [5, 5.41) is 5.78. The zero-order chi connectivity index (χ0) is 21.8. The van der Waals surface area contributed by atoms with Gasteiger partial charge in [0, 0.05) is 17.2 Å². The smallest absolute Gasteiger partial charge is 0.272 e. The predicted molar refractivity (Wildman–Crippen MR) is 109 cm³/mol. The number of nitrogens with zero attached hydrogens (tertiary/aromatic N) is 1. The molecule has 0 aliphatic heterocycles. The van der Waals surface area contributed by atoms with Gasteiger partial charge in [0.25, 0.3) is 12.3 Å². The van der Waals surface area contributed by atoms with Gasteiger partial charge in [-0.2, -0.15) is 0 Å². The van der Waals surface area contributed by atoms with E-state index in [9.17, 15) is 18.4 Å². The van der Waals surface area contributed by atoms with Crippen LogP contribution >= 0.6 is 11.6 Å². The molecule has 1 aliphatic carbocycles. The molecule has 1 fully saturated rings. The summed E-state index contributed by atoms with van der Waals surface area (Å²) >= 11 is 6.10. The van der Waals surface area contributed by atoms with E-state index in [-0.39, 0.29) is 28.5 Å². The Morgan fingerprint density at radius 3 is 2.63 bits per heavy atom. The highest BCUT2D eigenvalue weighted by Crippen LogP contribution is 2.30. The predicted octanol–water partition coefficient (Wildman–Crippen LogP) is 4.53. The number of amides is 2. The van der Waals surface area contributed by atoms with Gasteiger partial charge in [0.05, 0.1) is 11.1 Å². The van der Waals surface area contributed by atoms with Gasteiger partial charge in [-0.3, -0.25) is 9.59 Å². The van der Waals surface area contributed by atoms with E-state index in [1.807, 2.05) is 0 Å².